The molecule has 26 heavy (non-hydrogen) atoms. The van der Waals surface area contributed by atoms with Crippen molar-refractivity contribution in [1.82, 2.24) is 0 Å². The van der Waals surface area contributed by atoms with Gasteiger partial charge in [0.1, 0.15) is 23.9 Å². The first kappa shape index (κ1) is 19.8. The van der Waals surface area contributed by atoms with Crippen molar-refractivity contribution < 1.29 is 23.8 Å². The number of aryl methyl sites for hydroxylation is 3. The lowest BCUT2D eigenvalue weighted by atomic mass is 9.99. The molecule has 0 bridgehead atoms. The molecule has 5 heteroatoms. The van der Waals surface area contributed by atoms with E-state index < -0.39 is 5.97 Å². The lowest BCUT2D eigenvalue weighted by Crippen LogP contribution is -2.03. The van der Waals surface area contributed by atoms with Gasteiger partial charge in [0.05, 0.1) is 7.11 Å². The molecule has 140 valence electrons. The van der Waals surface area contributed by atoms with E-state index in [1.54, 1.807) is 14.0 Å². The number of carbonyl (C=O) groups is 1. The molecule has 2 rings (SSSR count). The molecule has 0 aliphatic heterocycles. The Kier molecular flexibility index (Phi) is 7.01. The van der Waals surface area contributed by atoms with Gasteiger partial charge >= 0.3 is 5.97 Å². The van der Waals surface area contributed by atoms with Crippen molar-refractivity contribution in [3.8, 4) is 11.5 Å². The predicted octanol–water partition coefficient (Wildman–Crippen LogP) is 4.69. The van der Waals surface area contributed by atoms with Crippen molar-refractivity contribution >= 4 is 5.97 Å². The zero-order chi connectivity index (χ0) is 19.1. The lowest BCUT2D eigenvalue weighted by molar-refractivity contribution is -0.136. The Hall–Kier alpha value is -2.56. The maximum atomic E-state index is 13.7. The van der Waals surface area contributed by atoms with Crippen LogP contribution in [0.4, 0.5) is 4.39 Å². The van der Waals surface area contributed by atoms with Crippen molar-refractivity contribution in [3.63, 3.8) is 0 Å². The van der Waals surface area contributed by atoms with E-state index in [-0.39, 0.29) is 18.8 Å². The van der Waals surface area contributed by atoms with E-state index in [4.69, 9.17) is 14.6 Å². The molecule has 0 amide bonds. The third-order valence-electron chi connectivity index (χ3n) is 4.22. The number of halogens is 1. The van der Waals surface area contributed by atoms with Gasteiger partial charge in [-0.2, -0.15) is 0 Å². The Balaban J connectivity index is 2.17. The van der Waals surface area contributed by atoms with E-state index >= 15 is 0 Å². The highest BCUT2D eigenvalue weighted by molar-refractivity contribution is 5.67. The van der Waals surface area contributed by atoms with Gasteiger partial charge in [-0.1, -0.05) is 19.4 Å². The van der Waals surface area contributed by atoms with Gasteiger partial charge in [0.15, 0.2) is 0 Å². The fraction of sp³-hybridized carbons (Fsp3) is 0.381. The van der Waals surface area contributed by atoms with Gasteiger partial charge in [-0.05, 0) is 60.7 Å². The van der Waals surface area contributed by atoms with Crippen LogP contribution in [0.3, 0.4) is 0 Å². The topological polar surface area (TPSA) is 55.8 Å². The summed E-state index contributed by atoms with van der Waals surface area (Å²) in [5.41, 5.74) is 3.49. The highest BCUT2D eigenvalue weighted by Crippen LogP contribution is 2.27. The van der Waals surface area contributed by atoms with Crippen molar-refractivity contribution in [2.75, 3.05) is 7.11 Å². The molecule has 0 aromatic heterocycles. The SMILES string of the molecule is CCCc1cc(OCc2cc(F)cc(C)c2OC)ccc1CCC(=O)O. The average Bonchev–Trinajstić information content (AvgIpc) is 2.59. The van der Waals surface area contributed by atoms with Gasteiger partial charge in [0.2, 0.25) is 0 Å². The van der Waals surface area contributed by atoms with Crippen LogP contribution < -0.4 is 9.47 Å². The van der Waals surface area contributed by atoms with Crippen LogP contribution in [0.25, 0.3) is 0 Å². The molecular weight excluding hydrogens is 335 g/mol. The van der Waals surface area contributed by atoms with Crippen LogP contribution in [0, 0.1) is 12.7 Å². The summed E-state index contributed by atoms with van der Waals surface area (Å²) in [6, 6.07) is 8.53. The van der Waals surface area contributed by atoms with Crippen LogP contribution >= 0.6 is 0 Å². The molecule has 0 fully saturated rings. The van der Waals surface area contributed by atoms with Crippen molar-refractivity contribution in [2.45, 2.75) is 46.1 Å². The largest absolute Gasteiger partial charge is 0.496 e. The number of methoxy groups -OCH3 is 1. The molecule has 0 radical (unpaired) electrons. The normalized spacial score (nSPS) is 10.6. The monoisotopic (exact) mass is 360 g/mol. The molecule has 0 saturated heterocycles. The van der Waals surface area contributed by atoms with Crippen molar-refractivity contribution in [3.05, 3.63) is 58.4 Å². The minimum atomic E-state index is -0.804. The van der Waals surface area contributed by atoms with Gasteiger partial charge < -0.3 is 14.6 Å². The highest BCUT2D eigenvalue weighted by Gasteiger charge is 2.11. The van der Waals surface area contributed by atoms with Crippen LogP contribution in [0.2, 0.25) is 0 Å². The van der Waals surface area contributed by atoms with Gasteiger partial charge in [0, 0.05) is 12.0 Å². The minimum absolute atomic E-state index is 0.108. The number of rotatable bonds is 9. The van der Waals surface area contributed by atoms with E-state index in [2.05, 4.69) is 6.92 Å². The first-order valence-corrected chi connectivity index (χ1v) is 8.74. The summed E-state index contributed by atoms with van der Waals surface area (Å²) in [5.74, 6) is 0.175. The highest BCUT2D eigenvalue weighted by atomic mass is 19.1. The Bertz CT molecular complexity index is 771. The molecule has 0 atom stereocenters. The van der Waals surface area contributed by atoms with Gasteiger partial charge in [-0.3, -0.25) is 4.79 Å². The lowest BCUT2D eigenvalue weighted by Gasteiger charge is -2.15. The summed E-state index contributed by atoms with van der Waals surface area (Å²) in [4.78, 5) is 10.8. The number of ether oxygens (including phenoxy) is 2. The maximum Gasteiger partial charge on any atom is 0.303 e. The number of carboxylic acids is 1. The minimum Gasteiger partial charge on any atom is -0.496 e. The second kappa shape index (κ2) is 9.22. The molecule has 0 aliphatic rings. The summed E-state index contributed by atoms with van der Waals surface area (Å²) in [5, 5.41) is 8.89. The summed E-state index contributed by atoms with van der Waals surface area (Å²) in [6.07, 6.45) is 2.42. The summed E-state index contributed by atoms with van der Waals surface area (Å²) >= 11 is 0. The molecule has 0 spiro atoms. The molecule has 0 heterocycles. The van der Waals surface area contributed by atoms with E-state index in [0.717, 1.165) is 29.5 Å². The molecule has 0 aliphatic carbocycles. The first-order chi connectivity index (χ1) is 12.4. The average molecular weight is 360 g/mol. The Morgan fingerprint density at radius 2 is 1.88 bits per heavy atom. The number of carboxylic acid groups (broad SMARTS) is 1. The van der Waals surface area contributed by atoms with E-state index in [0.29, 0.717) is 23.5 Å². The summed E-state index contributed by atoms with van der Waals surface area (Å²) < 4.78 is 24.9. The smallest absolute Gasteiger partial charge is 0.303 e. The van der Waals surface area contributed by atoms with Crippen LogP contribution in [0.15, 0.2) is 30.3 Å². The van der Waals surface area contributed by atoms with Gasteiger partial charge in [-0.15, -0.1) is 0 Å². The number of aliphatic carboxylic acids is 1. The second-order valence-electron chi connectivity index (χ2n) is 6.28. The van der Waals surface area contributed by atoms with Crippen LogP contribution in [-0.4, -0.2) is 18.2 Å². The standard InChI is InChI=1S/C21H25FO4/c1-4-5-16-12-19(8-6-15(16)7-9-20(23)24)26-13-17-11-18(22)10-14(2)21(17)25-3/h6,8,10-12H,4-5,7,9,13H2,1-3H3,(H,23,24). The Morgan fingerprint density at radius 3 is 2.54 bits per heavy atom. The van der Waals surface area contributed by atoms with E-state index in [1.807, 2.05) is 18.2 Å². The zero-order valence-corrected chi connectivity index (χ0v) is 15.5. The predicted molar refractivity (Wildman–Crippen MR) is 98.4 cm³/mol. The maximum absolute atomic E-state index is 13.7. The van der Waals surface area contributed by atoms with Gasteiger partial charge in [-0.25, -0.2) is 4.39 Å². The second-order valence-corrected chi connectivity index (χ2v) is 6.28. The molecule has 0 unspecified atom stereocenters. The van der Waals surface area contributed by atoms with E-state index in [9.17, 15) is 9.18 Å². The van der Waals surface area contributed by atoms with Crippen LogP contribution in [0.5, 0.6) is 11.5 Å². The number of hydrogen-bond donors (Lipinski definition) is 1. The fourth-order valence-electron chi connectivity index (χ4n) is 3.04. The molecular formula is C21H25FO4. The summed E-state index contributed by atoms with van der Waals surface area (Å²) in [6.45, 7) is 4.07. The van der Waals surface area contributed by atoms with Crippen molar-refractivity contribution in [1.29, 1.82) is 0 Å². The molecule has 4 nitrogen and oxygen atoms in total. The molecule has 0 saturated carbocycles. The molecule has 1 N–H and O–H groups in total. The Labute approximate surface area is 153 Å². The fourth-order valence-corrected chi connectivity index (χ4v) is 3.04. The third-order valence-corrected chi connectivity index (χ3v) is 4.22. The van der Waals surface area contributed by atoms with E-state index in [1.165, 1.54) is 12.1 Å². The van der Waals surface area contributed by atoms with Crippen LogP contribution in [-0.2, 0) is 24.2 Å². The number of benzene rings is 2. The zero-order valence-electron chi connectivity index (χ0n) is 15.5. The third kappa shape index (κ3) is 5.22. The first-order valence-electron chi connectivity index (χ1n) is 8.74. The molecule has 2 aromatic rings. The molecule has 2 aromatic carbocycles. The van der Waals surface area contributed by atoms with Crippen molar-refractivity contribution in [2.24, 2.45) is 0 Å². The Morgan fingerprint density at radius 1 is 1.12 bits per heavy atom. The van der Waals surface area contributed by atoms with Crippen LogP contribution in [0.1, 0.15) is 42.0 Å². The number of hydrogen-bond acceptors (Lipinski definition) is 3. The van der Waals surface area contributed by atoms with Gasteiger partial charge in [0.25, 0.3) is 0 Å². The summed E-state index contributed by atoms with van der Waals surface area (Å²) in [7, 11) is 1.56. The quantitative estimate of drug-likeness (QED) is 0.705.